The number of rotatable bonds is 6. The number of anilines is 1. The second-order valence-corrected chi connectivity index (χ2v) is 10.7. The maximum Gasteiger partial charge on any atom is 0.243 e. The third-order valence-electron chi connectivity index (χ3n) is 5.98. The number of benzene rings is 2. The fraction of sp³-hybridized carbons (Fsp3) is 0.280. The van der Waals surface area contributed by atoms with Gasteiger partial charge in [0, 0.05) is 30.9 Å². The predicted octanol–water partition coefficient (Wildman–Crippen LogP) is 5.33. The van der Waals surface area contributed by atoms with Crippen molar-refractivity contribution in [3.05, 3.63) is 89.1 Å². The van der Waals surface area contributed by atoms with Crippen molar-refractivity contribution in [1.82, 2.24) is 9.29 Å². The van der Waals surface area contributed by atoms with Crippen LogP contribution in [0.2, 0.25) is 5.02 Å². The van der Waals surface area contributed by atoms with E-state index in [0.29, 0.717) is 40.8 Å². The van der Waals surface area contributed by atoms with Crippen LogP contribution in [-0.4, -0.2) is 41.8 Å². The molecule has 1 aliphatic heterocycles. The summed E-state index contributed by atoms with van der Waals surface area (Å²) < 4.78 is 27.9. The molecule has 4 rings (SSSR count). The van der Waals surface area contributed by atoms with E-state index in [-0.39, 0.29) is 6.04 Å². The molecule has 0 unspecified atom stereocenters. The maximum absolute atomic E-state index is 13.2. The Balaban J connectivity index is 1.56. The van der Waals surface area contributed by atoms with E-state index >= 15 is 0 Å². The summed E-state index contributed by atoms with van der Waals surface area (Å²) in [6.07, 6.45) is 3.87. The van der Waals surface area contributed by atoms with Crippen LogP contribution in [0.25, 0.3) is 0 Å². The van der Waals surface area contributed by atoms with Crippen molar-refractivity contribution < 1.29 is 8.42 Å². The van der Waals surface area contributed by atoms with E-state index in [2.05, 4.69) is 11.9 Å². The number of nitrogens with zero attached hydrogens (tertiary/aromatic N) is 3. The summed E-state index contributed by atoms with van der Waals surface area (Å²) in [5.74, 6) is 0.735. The van der Waals surface area contributed by atoms with Crippen LogP contribution >= 0.6 is 23.8 Å². The Morgan fingerprint density at radius 1 is 1.06 bits per heavy atom. The van der Waals surface area contributed by atoms with E-state index < -0.39 is 10.0 Å². The summed E-state index contributed by atoms with van der Waals surface area (Å²) >= 11 is 12.3. The van der Waals surface area contributed by atoms with Crippen LogP contribution in [-0.2, 0) is 16.4 Å². The van der Waals surface area contributed by atoms with Crippen molar-refractivity contribution in [3.63, 3.8) is 0 Å². The number of aromatic nitrogens is 1. The lowest BCUT2D eigenvalue weighted by Gasteiger charge is -2.39. The lowest BCUT2D eigenvalue weighted by atomic mass is 10.0. The molecular formula is C25H26ClN3O2S2. The van der Waals surface area contributed by atoms with Crippen LogP contribution in [0.3, 0.4) is 0 Å². The Bertz CT molecular complexity index is 1210. The summed E-state index contributed by atoms with van der Waals surface area (Å²) in [6, 6.07) is 20.4. The average Bonchev–Trinajstić information content (AvgIpc) is 2.85. The molecule has 0 aliphatic carbocycles. The lowest BCUT2D eigenvalue weighted by Crippen LogP contribution is -2.49. The van der Waals surface area contributed by atoms with Crippen molar-refractivity contribution >= 4 is 44.6 Å². The van der Waals surface area contributed by atoms with Gasteiger partial charge >= 0.3 is 0 Å². The van der Waals surface area contributed by atoms with E-state index in [1.807, 2.05) is 59.5 Å². The first-order valence-corrected chi connectivity index (χ1v) is 13.2. The maximum atomic E-state index is 13.2. The number of thiocarbonyl (C=S) groups is 1. The molecule has 0 bridgehead atoms. The highest BCUT2D eigenvalue weighted by molar-refractivity contribution is 7.89. The molecule has 0 spiro atoms. The number of hydrogen-bond donors (Lipinski definition) is 0. The molecule has 0 N–H and O–H groups in total. The number of sulfonamides is 1. The predicted molar refractivity (Wildman–Crippen MR) is 137 cm³/mol. The van der Waals surface area contributed by atoms with Crippen LogP contribution in [0.5, 0.6) is 0 Å². The molecule has 2 aromatic carbocycles. The third-order valence-corrected chi connectivity index (χ3v) is 8.64. The largest absolute Gasteiger partial charge is 0.314 e. The van der Waals surface area contributed by atoms with Gasteiger partial charge in [0.25, 0.3) is 0 Å². The minimum absolute atomic E-state index is 0.0117. The van der Waals surface area contributed by atoms with Gasteiger partial charge in [-0.1, -0.05) is 67.1 Å². The third kappa shape index (κ3) is 5.11. The monoisotopic (exact) mass is 499 g/mol. The molecular weight excluding hydrogens is 474 g/mol. The van der Waals surface area contributed by atoms with E-state index in [0.717, 1.165) is 23.4 Å². The number of hydrogen-bond acceptors (Lipinski definition) is 4. The molecule has 0 amide bonds. The molecule has 8 heteroatoms. The van der Waals surface area contributed by atoms with Crippen LogP contribution in [0.1, 0.15) is 30.9 Å². The summed E-state index contributed by atoms with van der Waals surface area (Å²) in [7, 11) is -3.53. The minimum atomic E-state index is -3.53. The minimum Gasteiger partial charge on any atom is -0.314 e. The Labute approximate surface area is 206 Å². The number of halogens is 1. The lowest BCUT2D eigenvalue weighted by molar-refractivity contribution is 0.320. The topological polar surface area (TPSA) is 53.5 Å². The zero-order valence-electron chi connectivity index (χ0n) is 18.4. The highest BCUT2D eigenvalue weighted by atomic mass is 35.5. The number of aryl methyl sites for hydroxylation is 1. The van der Waals surface area contributed by atoms with E-state index in [9.17, 15) is 8.42 Å². The summed E-state index contributed by atoms with van der Waals surface area (Å²) in [5, 5.41) is 0.582. The first-order valence-electron chi connectivity index (χ1n) is 11.0. The van der Waals surface area contributed by atoms with E-state index in [1.54, 1.807) is 22.6 Å². The Kier molecular flexibility index (Phi) is 7.44. The normalized spacial score (nSPS) is 15.3. The van der Waals surface area contributed by atoms with Gasteiger partial charge in [0.05, 0.1) is 9.92 Å². The smallest absolute Gasteiger partial charge is 0.243 e. The highest BCUT2D eigenvalue weighted by Crippen LogP contribution is 2.29. The second-order valence-electron chi connectivity index (χ2n) is 7.98. The fourth-order valence-electron chi connectivity index (χ4n) is 4.10. The highest BCUT2D eigenvalue weighted by Gasteiger charge is 2.34. The van der Waals surface area contributed by atoms with Crippen molar-refractivity contribution in [2.75, 3.05) is 18.0 Å². The van der Waals surface area contributed by atoms with Gasteiger partial charge in [-0.05, 0) is 55.2 Å². The van der Waals surface area contributed by atoms with Gasteiger partial charge in [-0.3, -0.25) is 0 Å². The summed E-state index contributed by atoms with van der Waals surface area (Å²) in [6.45, 7) is 2.88. The van der Waals surface area contributed by atoms with Gasteiger partial charge in [0.1, 0.15) is 10.8 Å². The average molecular weight is 500 g/mol. The van der Waals surface area contributed by atoms with Gasteiger partial charge in [0.15, 0.2) is 0 Å². The SMILES string of the molecule is CCc1ccc(S(=O)(=O)N2CCC(N(C(=S)c3ccccc3Cl)c3ccccn3)CC2)cc1. The van der Waals surface area contributed by atoms with Gasteiger partial charge in [-0.15, -0.1) is 0 Å². The van der Waals surface area contributed by atoms with Gasteiger partial charge in [-0.2, -0.15) is 4.31 Å². The molecule has 1 fully saturated rings. The van der Waals surface area contributed by atoms with Crippen LogP contribution in [0.4, 0.5) is 5.82 Å². The first kappa shape index (κ1) is 23.8. The molecule has 1 aliphatic rings. The Morgan fingerprint density at radius 2 is 1.73 bits per heavy atom. The van der Waals surface area contributed by atoms with Crippen molar-refractivity contribution in [3.8, 4) is 0 Å². The molecule has 1 saturated heterocycles. The van der Waals surface area contributed by atoms with Crippen LogP contribution < -0.4 is 4.90 Å². The quantitative estimate of drug-likeness (QED) is 0.429. The number of piperidine rings is 1. The zero-order chi connectivity index (χ0) is 23.4. The molecule has 3 aromatic rings. The van der Waals surface area contributed by atoms with Crippen molar-refractivity contribution in [2.45, 2.75) is 37.1 Å². The van der Waals surface area contributed by atoms with Gasteiger partial charge < -0.3 is 4.90 Å². The molecule has 5 nitrogen and oxygen atoms in total. The zero-order valence-corrected chi connectivity index (χ0v) is 20.8. The molecule has 0 radical (unpaired) electrons. The molecule has 0 atom stereocenters. The van der Waals surface area contributed by atoms with Crippen LogP contribution in [0.15, 0.2) is 77.8 Å². The Morgan fingerprint density at radius 3 is 2.33 bits per heavy atom. The van der Waals surface area contributed by atoms with Crippen LogP contribution in [0, 0.1) is 0 Å². The first-order chi connectivity index (χ1) is 15.9. The van der Waals surface area contributed by atoms with Crippen molar-refractivity contribution in [2.24, 2.45) is 0 Å². The summed E-state index contributed by atoms with van der Waals surface area (Å²) in [4.78, 5) is 7.48. The van der Waals surface area contributed by atoms with Gasteiger partial charge in [-0.25, -0.2) is 13.4 Å². The molecule has 1 aromatic heterocycles. The standard InChI is InChI=1S/C25H26ClN3O2S2/c1-2-19-10-12-21(13-11-19)33(30,31)28-17-14-20(15-18-28)29(24-9-5-6-16-27-24)25(32)22-7-3-4-8-23(22)26/h3-13,16,20H,2,14-15,17-18H2,1H3. The summed E-state index contributed by atoms with van der Waals surface area (Å²) in [5.41, 5.74) is 1.89. The number of pyridine rings is 1. The van der Waals surface area contributed by atoms with E-state index in [4.69, 9.17) is 23.8 Å². The van der Waals surface area contributed by atoms with Crippen molar-refractivity contribution in [1.29, 1.82) is 0 Å². The Hall–Kier alpha value is -2.32. The second kappa shape index (κ2) is 10.3. The van der Waals surface area contributed by atoms with E-state index in [1.165, 1.54) is 0 Å². The fourth-order valence-corrected chi connectivity index (χ4v) is 6.28. The molecule has 33 heavy (non-hydrogen) atoms. The molecule has 2 heterocycles. The molecule has 172 valence electrons. The van der Waals surface area contributed by atoms with Gasteiger partial charge in [0.2, 0.25) is 10.0 Å². The molecule has 0 saturated carbocycles.